The van der Waals surface area contributed by atoms with E-state index in [0.717, 1.165) is 37.0 Å². The Morgan fingerprint density at radius 1 is 1.29 bits per heavy atom. The van der Waals surface area contributed by atoms with Crippen molar-refractivity contribution in [2.24, 2.45) is 0 Å². The molecule has 1 amide bonds. The summed E-state index contributed by atoms with van der Waals surface area (Å²) < 4.78 is 2.21. The van der Waals surface area contributed by atoms with Crippen LogP contribution in [-0.2, 0) is 4.79 Å². The van der Waals surface area contributed by atoms with E-state index in [9.17, 15) is 4.79 Å². The number of rotatable bonds is 6. The van der Waals surface area contributed by atoms with Crippen molar-refractivity contribution >= 4 is 40.9 Å². The standard InChI is InChI=1S/C19H21ClN6OS/c20-16-10-14(5-4-13(16)11-21)22-17(27)12-28-19-24-23-18(26(19)15-6-7-15)25-8-2-1-3-9-25/h4-5,10,15H,1-3,6-9,12H2,(H,22,27). The van der Waals surface area contributed by atoms with Crippen LogP contribution in [0.15, 0.2) is 23.4 Å². The zero-order valence-electron chi connectivity index (χ0n) is 15.4. The highest BCUT2D eigenvalue weighted by Crippen LogP contribution is 2.41. The van der Waals surface area contributed by atoms with Gasteiger partial charge >= 0.3 is 0 Å². The molecule has 0 bridgehead atoms. The number of aromatic nitrogens is 3. The fraction of sp³-hybridized carbons (Fsp3) is 0.474. The van der Waals surface area contributed by atoms with Crippen LogP contribution < -0.4 is 10.2 Å². The van der Waals surface area contributed by atoms with Gasteiger partial charge in [0.1, 0.15) is 6.07 Å². The van der Waals surface area contributed by atoms with Gasteiger partial charge in [-0.15, -0.1) is 10.2 Å². The van der Waals surface area contributed by atoms with Gasteiger partial charge in [0.2, 0.25) is 11.9 Å². The summed E-state index contributed by atoms with van der Waals surface area (Å²) in [6.07, 6.45) is 5.94. The summed E-state index contributed by atoms with van der Waals surface area (Å²) >= 11 is 7.42. The lowest BCUT2D eigenvalue weighted by Crippen LogP contribution is -2.32. The average Bonchev–Trinajstić information content (AvgIpc) is 3.46. The van der Waals surface area contributed by atoms with Gasteiger partial charge in [-0.2, -0.15) is 5.26 Å². The molecule has 0 unspecified atom stereocenters. The second kappa shape index (κ2) is 8.41. The van der Waals surface area contributed by atoms with Gasteiger partial charge in [-0.3, -0.25) is 9.36 Å². The van der Waals surface area contributed by atoms with Gasteiger partial charge in [-0.05, 0) is 50.3 Å². The third-order valence-electron chi connectivity index (χ3n) is 4.90. The molecule has 2 aliphatic rings. The molecule has 0 spiro atoms. The van der Waals surface area contributed by atoms with Crippen molar-refractivity contribution in [2.75, 3.05) is 29.1 Å². The zero-order valence-corrected chi connectivity index (χ0v) is 17.0. The Hall–Kier alpha value is -2.24. The third-order valence-corrected chi connectivity index (χ3v) is 6.16. The number of nitriles is 1. The number of hydrogen-bond acceptors (Lipinski definition) is 6. The van der Waals surface area contributed by atoms with Gasteiger partial charge in [-0.25, -0.2) is 0 Å². The molecule has 1 saturated carbocycles. The maximum atomic E-state index is 12.3. The molecule has 7 nitrogen and oxygen atoms in total. The first kappa shape index (κ1) is 19.1. The second-order valence-corrected chi connectivity index (χ2v) is 8.42. The number of halogens is 1. The van der Waals surface area contributed by atoms with Crippen LogP contribution in [0.3, 0.4) is 0 Å². The van der Waals surface area contributed by atoms with Gasteiger partial charge < -0.3 is 10.2 Å². The Kier molecular flexibility index (Phi) is 5.74. The summed E-state index contributed by atoms with van der Waals surface area (Å²) in [4.78, 5) is 14.7. The van der Waals surface area contributed by atoms with E-state index in [1.54, 1.807) is 18.2 Å². The van der Waals surface area contributed by atoms with E-state index in [1.165, 1.54) is 31.0 Å². The fourth-order valence-electron chi connectivity index (χ4n) is 3.34. The largest absolute Gasteiger partial charge is 0.341 e. The van der Waals surface area contributed by atoms with Crippen LogP contribution >= 0.6 is 23.4 Å². The number of hydrogen-bond donors (Lipinski definition) is 1. The Bertz CT molecular complexity index is 914. The molecule has 2 fully saturated rings. The SMILES string of the molecule is N#Cc1ccc(NC(=O)CSc2nnc(N3CCCCC3)n2C2CC2)cc1Cl. The Labute approximate surface area is 173 Å². The normalized spacial score (nSPS) is 16.6. The second-order valence-electron chi connectivity index (χ2n) is 7.07. The molecular weight excluding hydrogens is 396 g/mol. The van der Waals surface area contributed by atoms with Crippen LogP contribution in [0.2, 0.25) is 5.02 Å². The summed E-state index contributed by atoms with van der Waals surface area (Å²) in [5.41, 5.74) is 0.962. The van der Waals surface area contributed by atoms with Crippen molar-refractivity contribution in [1.29, 1.82) is 5.26 Å². The van der Waals surface area contributed by atoms with Crippen LogP contribution in [-0.4, -0.2) is 39.5 Å². The van der Waals surface area contributed by atoms with Crippen LogP contribution in [0.4, 0.5) is 11.6 Å². The number of piperidine rings is 1. The summed E-state index contributed by atoms with van der Waals surface area (Å²) in [6, 6.07) is 7.32. The van der Waals surface area contributed by atoms with Gasteiger partial charge in [-0.1, -0.05) is 23.4 Å². The molecule has 1 aliphatic carbocycles. The van der Waals surface area contributed by atoms with E-state index in [-0.39, 0.29) is 11.7 Å². The van der Waals surface area contributed by atoms with Crippen LogP contribution in [0, 0.1) is 11.3 Å². The molecule has 1 aliphatic heterocycles. The molecule has 1 aromatic carbocycles. The molecular formula is C19H21ClN6OS. The number of nitrogens with one attached hydrogen (secondary N) is 1. The zero-order chi connectivity index (χ0) is 19.5. The lowest BCUT2D eigenvalue weighted by atomic mass is 10.1. The van der Waals surface area contributed by atoms with E-state index >= 15 is 0 Å². The number of nitrogens with zero attached hydrogens (tertiary/aromatic N) is 5. The molecule has 1 saturated heterocycles. The first-order valence-corrected chi connectivity index (χ1v) is 10.8. The molecule has 2 heterocycles. The predicted molar refractivity (Wildman–Crippen MR) is 110 cm³/mol. The lowest BCUT2D eigenvalue weighted by molar-refractivity contribution is -0.113. The van der Waals surface area contributed by atoms with Gasteiger partial charge in [0, 0.05) is 24.8 Å². The Balaban J connectivity index is 1.40. The maximum absolute atomic E-state index is 12.3. The van der Waals surface area contributed by atoms with Crippen molar-refractivity contribution in [3.05, 3.63) is 28.8 Å². The third kappa shape index (κ3) is 4.26. The van der Waals surface area contributed by atoms with E-state index < -0.39 is 0 Å². The van der Waals surface area contributed by atoms with E-state index in [0.29, 0.717) is 22.3 Å². The molecule has 146 valence electrons. The van der Waals surface area contributed by atoms with Crippen molar-refractivity contribution in [3.8, 4) is 6.07 Å². The summed E-state index contributed by atoms with van der Waals surface area (Å²) in [6.45, 7) is 2.05. The highest BCUT2D eigenvalue weighted by atomic mass is 35.5. The Morgan fingerprint density at radius 3 is 2.75 bits per heavy atom. The number of thioether (sulfide) groups is 1. The van der Waals surface area contributed by atoms with Crippen LogP contribution in [0.1, 0.15) is 43.7 Å². The van der Waals surface area contributed by atoms with Crippen LogP contribution in [0.5, 0.6) is 0 Å². The molecule has 4 rings (SSSR count). The summed E-state index contributed by atoms with van der Waals surface area (Å²) in [5, 5.41) is 21.7. The van der Waals surface area contributed by atoms with E-state index in [2.05, 4.69) is 25.0 Å². The minimum Gasteiger partial charge on any atom is -0.341 e. The minimum atomic E-state index is -0.143. The number of amides is 1. The van der Waals surface area contributed by atoms with Gasteiger partial charge in [0.15, 0.2) is 5.16 Å². The highest BCUT2D eigenvalue weighted by molar-refractivity contribution is 7.99. The molecule has 1 N–H and O–H groups in total. The number of benzene rings is 1. The number of anilines is 2. The molecule has 28 heavy (non-hydrogen) atoms. The number of carbonyl (C=O) groups is 1. The fourth-order valence-corrected chi connectivity index (χ4v) is 4.36. The monoisotopic (exact) mass is 416 g/mol. The molecule has 1 aromatic heterocycles. The molecule has 2 aromatic rings. The quantitative estimate of drug-likeness (QED) is 0.719. The van der Waals surface area contributed by atoms with Crippen molar-refractivity contribution in [3.63, 3.8) is 0 Å². The van der Waals surface area contributed by atoms with E-state index in [4.69, 9.17) is 16.9 Å². The lowest BCUT2D eigenvalue weighted by Gasteiger charge is -2.27. The van der Waals surface area contributed by atoms with E-state index in [1.807, 2.05) is 6.07 Å². The smallest absolute Gasteiger partial charge is 0.234 e. The summed E-state index contributed by atoms with van der Waals surface area (Å²) in [5.74, 6) is 1.04. The average molecular weight is 417 g/mol. The van der Waals surface area contributed by atoms with Crippen molar-refractivity contribution in [2.45, 2.75) is 43.3 Å². The van der Waals surface area contributed by atoms with Gasteiger partial charge in [0.05, 0.1) is 16.3 Å². The minimum absolute atomic E-state index is 0.143. The molecule has 0 radical (unpaired) electrons. The summed E-state index contributed by atoms with van der Waals surface area (Å²) in [7, 11) is 0. The van der Waals surface area contributed by atoms with Crippen LogP contribution in [0.25, 0.3) is 0 Å². The topological polar surface area (TPSA) is 86.8 Å². The molecule has 0 atom stereocenters. The first-order chi connectivity index (χ1) is 13.7. The molecule has 9 heteroatoms. The highest BCUT2D eigenvalue weighted by Gasteiger charge is 2.32. The first-order valence-electron chi connectivity index (χ1n) is 9.48. The van der Waals surface area contributed by atoms with Gasteiger partial charge in [0.25, 0.3) is 0 Å². The maximum Gasteiger partial charge on any atom is 0.234 e. The predicted octanol–water partition coefficient (Wildman–Crippen LogP) is 3.86. The number of carbonyl (C=O) groups excluding carboxylic acids is 1. The van der Waals surface area contributed by atoms with Crippen molar-refractivity contribution < 1.29 is 4.79 Å². The Morgan fingerprint density at radius 2 is 2.07 bits per heavy atom. The van der Waals surface area contributed by atoms with Crippen molar-refractivity contribution in [1.82, 2.24) is 14.8 Å².